The van der Waals surface area contributed by atoms with Crippen LogP contribution >= 0.6 is 11.3 Å². The fourth-order valence-corrected chi connectivity index (χ4v) is 4.11. The van der Waals surface area contributed by atoms with Gasteiger partial charge < -0.3 is 10.6 Å². The molecular formula is C12H20N4O2S2. The van der Waals surface area contributed by atoms with Crippen LogP contribution in [0, 0.1) is 0 Å². The maximum atomic E-state index is 12.2. The molecule has 1 aromatic rings. The van der Waals surface area contributed by atoms with Crippen LogP contribution in [-0.4, -0.2) is 56.8 Å². The first kappa shape index (κ1) is 15.3. The molecule has 0 spiro atoms. The van der Waals surface area contributed by atoms with Crippen molar-refractivity contribution in [3.63, 3.8) is 0 Å². The van der Waals surface area contributed by atoms with Crippen LogP contribution in [0.3, 0.4) is 0 Å². The summed E-state index contributed by atoms with van der Waals surface area (Å²) >= 11 is 1.22. The highest BCUT2D eigenvalue weighted by molar-refractivity contribution is 7.91. The maximum Gasteiger partial charge on any atom is 0.252 e. The van der Waals surface area contributed by atoms with Crippen LogP contribution < -0.4 is 5.73 Å². The van der Waals surface area contributed by atoms with Crippen LogP contribution in [0.5, 0.6) is 0 Å². The van der Waals surface area contributed by atoms with E-state index in [9.17, 15) is 8.42 Å². The molecule has 0 amide bonds. The number of sulfonamides is 1. The van der Waals surface area contributed by atoms with Crippen LogP contribution in [0.15, 0.2) is 26.7 Å². The van der Waals surface area contributed by atoms with Crippen molar-refractivity contribution in [2.24, 2.45) is 10.7 Å². The molecule has 6 nitrogen and oxygen atoms in total. The predicted octanol–water partition coefficient (Wildman–Crippen LogP) is 0.777. The summed E-state index contributed by atoms with van der Waals surface area (Å²) in [6, 6.07) is 3.84. The summed E-state index contributed by atoms with van der Waals surface area (Å²) in [5, 5.41) is 1.75. The molecule has 0 saturated heterocycles. The van der Waals surface area contributed by atoms with Crippen molar-refractivity contribution in [2.75, 3.05) is 27.2 Å². The van der Waals surface area contributed by atoms with Crippen molar-refractivity contribution in [1.82, 2.24) is 9.21 Å². The molecule has 1 heterocycles. The summed E-state index contributed by atoms with van der Waals surface area (Å²) in [5.41, 5.74) is 5.86. The number of hydrogen-bond acceptors (Lipinski definition) is 4. The highest BCUT2D eigenvalue weighted by Gasteiger charge is 2.27. The van der Waals surface area contributed by atoms with E-state index in [-0.39, 0.29) is 0 Å². The Morgan fingerprint density at radius 3 is 2.75 bits per heavy atom. The molecule has 2 N–H and O–H groups in total. The average Bonchev–Trinajstić information content (AvgIpc) is 3.11. The van der Waals surface area contributed by atoms with E-state index >= 15 is 0 Å². The average molecular weight is 316 g/mol. The van der Waals surface area contributed by atoms with Gasteiger partial charge >= 0.3 is 0 Å². The third-order valence-corrected chi connectivity index (χ3v) is 6.53. The molecule has 112 valence electrons. The van der Waals surface area contributed by atoms with Gasteiger partial charge in [-0.25, -0.2) is 8.42 Å². The van der Waals surface area contributed by atoms with Crippen LogP contribution in [0.4, 0.5) is 0 Å². The molecule has 0 unspecified atom stereocenters. The van der Waals surface area contributed by atoms with Crippen LogP contribution in [0.25, 0.3) is 0 Å². The van der Waals surface area contributed by atoms with E-state index < -0.39 is 10.0 Å². The summed E-state index contributed by atoms with van der Waals surface area (Å²) < 4.78 is 26.0. The number of likely N-dealkylation sites (N-methyl/N-ethyl adjacent to an activating group) is 1. The zero-order chi connectivity index (χ0) is 14.8. The second-order valence-corrected chi connectivity index (χ2v) is 8.06. The number of hydrogen-bond donors (Lipinski definition) is 1. The minimum atomic E-state index is -3.39. The van der Waals surface area contributed by atoms with E-state index in [1.807, 2.05) is 11.9 Å². The van der Waals surface area contributed by atoms with Crippen molar-refractivity contribution in [3.8, 4) is 0 Å². The normalized spacial score (nSPS) is 16.6. The molecule has 1 aliphatic carbocycles. The van der Waals surface area contributed by atoms with Crippen LogP contribution in [0.2, 0.25) is 0 Å². The Balaban J connectivity index is 1.89. The number of nitrogens with two attached hydrogens (primary N) is 1. The van der Waals surface area contributed by atoms with Gasteiger partial charge in [0.15, 0.2) is 5.96 Å². The Morgan fingerprint density at radius 2 is 2.20 bits per heavy atom. The van der Waals surface area contributed by atoms with E-state index in [4.69, 9.17) is 5.73 Å². The van der Waals surface area contributed by atoms with Gasteiger partial charge in [0.2, 0.25) is 0 Å². The van der Waals surface area contributed by atoms with Gasteiger partial charge in [-0.15, -0.1) is 11.3 Å². The summed E-state index contributed by atoms with van der Waals surface area (Å²) in [6.07, 6.45) is 2.30. The Hall–Kier alpha value is -1.12. The molecule has 1 saturated carbocycles. The van der Waals surface area contributed by atoms with Gasteiger partial charge in [-0.2, -0.15) is 4.31 Å². The van der Waals surface area contributed by atoms with Crippen molar-refractivity contribution < 1.29 is 8.42 Å². The molecule has 0 atom stereocenters. The fourth-order valence-electron chi connectivity index (χ4n) is 1.75. The largest absolute Gasteiger partial charge is 0.370 e. The maximum absolute atomic E-state index is 12.2. The second-order valence-electron chi connectivity index (χ2n) is 4.84. The number of thiophene rings is 1. The standard InChI is InChI=1S/C12H20N4O2S2/c1-15(20(17,18)11-4-3-9-19-11)8-7-14-12(13)16(2)10-5-6-10/h3-4,9-10H,5-8H2,1-2H3,(H2,13,14). The Bertz CT molecular complexity index is 564. The molecular weight excluding hydrogens is 296 g/mol. The Labute approximate surface area is 124 Å². The second kappa shape index (κ2) is 6.11. The lowest BCUT2D eigenvalue weighted by Crippen LogP contribution is -2.36. The third kappa shape index (κ3) is 3.50. The lowest BCUT2D eigenvalue weighted by atomic mass is 10.6. The summed E-state index contributed by atoms with van der Waals surface area (Å²) in [6.45, 7) is 0.684. The lowest BCUT2D eigenvalue weighted by Gasteiger charge is -2.18. The van der Waals surface area contributed by atoms with E-state index in [0.717, 1.165) is 12.8 Å². The molecule has 0 radical (unpaired) electrons. The lowest BCUT2D eigenvalue weighted by molar-refractivity contribution is 0.468. The summed E-state index contributed by atoms with van der Waals surface area (Å²) in [7, 11) is 0.0905. The quantitative estimate of drug-likeness (QED) is 0.621. The first-order chi connectivity index (χ1) is 9.43. The molecule has 0 aromatic carbocycles. The predicted molar refractivity (Wildman–Crippen MR) is 81.4 cm³/mol. The molecule has 1 aromatic heterocycles. The molecule has 0 aliphatic heterocycles. The molecule has 0 bridgehead atoms. The first-order valence-corrected chi connectivity index (χ1v) is 8.77. The van der Waals surface area contributed by atoms with Gasteiger partial charge in [-0.3, -0.25) is 4.99 Å². The molecule has 2 rings (SSSR count). The number of guanidine groups is 1. The van der Waals surface area contributed by atoms with Crippen molar-refractivity contribution in [3.05, 3.63) is 17.5 Å². The van der Waals surface area contributed by atoms with Gasteiger partial charge in [-0.05, 0) is 24.3 Å². The topological polar surface area (TPSA) is 79.0 Å². The zero-order valence-corrected chi connectivity index (χ0v) is 13.3. The number of rotatable bonds is 6. The van der Waals surface area contributed by atoms with Gasteiger partial charge in [0.25, 0.3) is 10.0 Å². The number of aliphatic imine (C=N–C) groups is 1. The summed E-state index contributed by atoms with van der Waals surface area (Å²) in [5.74, 6) is 0.481. The van der Waals surface area contributed by atoms with Gasteiger partial charge in [0.05, 0.1) is 6.54 Å². The monoisotopic (exact) mass is 316 g/mol. The van der Waals surface area contributed by atoms with E-state index in [0.29, 0.717) is 29.3 Å². The Morgan fingerprint density at radius 1 is 1.50 bits per heavy atom. The fraction of sp³-hybridized carbons (Fsp3) is 0.583. The van der Waals surface area contributed by atoms with Crippen molar-refractivity contribution >= 4 is 27.3 Å². The van der Waals surface area contributed by atoms with Crippen LogP contribution in [0.1, 0.15) is 12.8 Å². The van der Waals surface area contributed by atoms with Crippen LogP contribution in [-0.2, 0) is 10.0 Å². The van der Waals surface area contributed by atoms with E-state index in [1.165, 1.54) is 15.6 Å². The Kier molecular flexibility index (Phi) is 4.66. The van der Waals surface area contributed by atoms with Crippen molar-refractivity contribution in [2.45, 2.75) is 23.1 Å². The minimum Gasteiger partial charge on any atom is -0.370 e. The molecule has 1 fully saturated rings. The third-order valence-electron chi connectivity index (χ3n) is 3.30. The van der Waals surface area contributed by atoms with E-state index in [1.54, 1.807) is 24.6 Å². The molecule has 20 heavy (non-hydrogen) atoms. The SMILES string of the molecule is CN(C(N)=NCCN(C)S(=O)(=O)c1cccs1)C1CC1. The summed E-state index contributed by atoms with van der Waals surface area (Å²) in [4.78, 5) is 6.19. The van der Waals surface area contributed by atoms with Gasteiger partial charge in [0, 0.05) is 26.7 Å². The van der Waals surface area contributed by atoms with E-state index in [2.05, 4.69) is 4.99 Å². The first-order valence-electron chi connectivity index (χ1n) is 6.45. The zero-order valence-electron chi connectivity index (χ0n) is 11.7. The van der Waals surface area contributed by atoms with Gasteiger partial charge in [0.1, 0.15) is 4.21 Å². The smallest absolute Gasteiger partial charge is 0.252 e. The number of nitrogens with zero attached hydrogens (tertiary/aromatic N) is 3. The van der Waals surface area contributed by atoms with Crippen molar-refractivity contribution in [1.29, 1.82) is 0 Å². The molecule has 8 heteroatoms. The highest BCUT2D eigenvalue weighted by Crippen LogP contribution is 2.24. The minimum absolute atomic E-state index is 0.319. The highest BCUT2D eigenvalue weighted by atomic mass is 32.2. The van der Waals surface area contributed by atoms with Gasteiger partial charge in [-0.1, -0.05) is 6.07 Å². The molecule has 1 aliphatic rings.